The summed E-state index contributed by atoms with van der Waals surface area (Å²) >= 11 is 5.91. The number of nitrogens with one attached hydrogen (secondary N) is 1. The average Bonchev–Trinajstić information content (AvgIpc) is 2.30. The summed E-state index contributed by atoms with van der Waals surface area (Å²) in [6.07, 6.45) is 2.30. The summed E-state index contributed by atoms with van der Waals surface area (Å²) in [4.78, 5) is 0. The molecule has 0 bridgehead atoms. The smallest absolute Gasteiger partial charge is 0.130 e. The third kappa shape index (κ3) is 4.11. The lowest BCUT2D eigenvalue weighted by Crippen LogP contribution is -2.35. The van der Waals surface area contributed by atoms with E-state index < -0.39 is 0 Å². The van der Waals surface area contributed by atoms with Crippen LogP contribution in [-0.2, 0) is 11.3 Å². The van der Waals surface area contributed by atoms with Crippen molar-refractivity contribution in [3.05, 3.63) is 34.6 Å². The summed E-state index contributed by atoms with van der Waals surface area (Å²) in [5.74, 6) is -0.295. The second-order valence-electron chi connectivity index (χ2n) is 3.98. The van der Waals surface area contributed by atoms with Crippen molar-refractivity contribution in [2.75, 3.05) is 13.1 Å². The molecule has 0 saturated carbocycles. The maximum Gasteiger partial charge on any atom is 0.130 e. The fraction of sp³-hybridized carbons (Fsp3) is 0.500. The van der Waals surface area contributed by atoms with Crippen molar-refractivity contribution in [2.45, 2.75) is 25.6 Å². The molecule has 5 heteroatoms. The Balaban J connectivity index is 0.00000144. The molecule has 1 aliphatic heterocycles. The van der Waals surface area contributed by atoms with Crippen LogP contribution in [0.25, 0.3) is 0 Å². The molecule has 1 aromatic rings. The first-order valence-electron chi connectivity index (χ1n) is 5.52. The van der Waals surface area contributed by atoms with Gasteiger partial charge in [-0.25, -0.2) is 4.39 Å². The van der Waals surface area contributed by atoms with Crippen LogP contribution in [0.15, 0.2) is 18.2 Å². The molecule has 96 valence electrons. The SMILES string of the molecule is Cl.Fc1cccc(Cl)c1COC1CCCNC1. The molecule has 1 atom stereocenters. The molecule has 1 heterocycles. The van der Waals surface area contributed by atoms with Crippen molar-refractivity contribution in [1.82, 2.24) is 5.32 Å². The predicted molar refractivity (Wildman–Crippen MR) is 69.3 cm³/mol. The van der Waals surface area contributed by atoms with Crippen molar-refractivity contribution in [2.24, 2.45) is 0 Å². The average molecular weight is 280 g/mol. The van der Waals surface area contributed by atoms with Gasteiger partial charge in [-0.3, -0.25) is 0 Å². The molecule has 0 aliphatic carbocycles. The van der Waals surface area contributed by atoms with Crippen LogP contribution in [-0.4, -0.2) is 19.2 Å². The lowest BCUT2D eigenvalue weighted by molar-refractivity contribution is 0.0240. The Bertz CT molecular complexity index is 336. The van der Waals surface area contributed by atoms with E-state index in [1.54, 1.807) is 12.1 Å². The van der Waals surface area contributed by atoms with Crippen LogP contribution >= 0.6 is 24.0 Å². The van der Waals surface area contributed by atoms with E-state index in [2.05, 4.69) is 5.32 Å². The Morgan fingerprint density at radius 1 is 1.47 bits per heavy atom. The topological polar surface area (TPSA) is 21.3 Å². The molecule has 1 unspecified atom stereocenters. The van der Waals surface area contributed by atoms with Gasteiger partial charge in [-0.05, 0) is 31.5 Å². The number of hydrogen-bond donors (Lipinski definition) is 1. The molecule has 0 amide bonds. The van der Waals surface area contributed by atoms with Crippen LogP contribution < -0.4 is 5.32 Å². The molecule has 1 saturated heterocycles. The summed E-state index contributed by atoms with van der Waals surface area (Å²) in [5.41, 5.74) is 0.453. The highest BCUT2D eigenvalue weighted by molar-refractivity contribution is 6.31. The molecule has 0 radical (unpaired) electrons. The Morgan fingerprint density at radius 3 is 2.94 bits per heavy atom. The lowest BCUT2D eigenvalue weighted by atomic mass is 10.1. The first-order valence-corrected chi connectivity index (χ1v) is 5.90. The van der Waals surface area contributed by atoms with E-state index in [0.29, 0.717) is 10.6 Å². The Labute approximate surface area is 112 Å². The molecule has 2 nitrogen and oxygen atoms in total. The minimum atomic E-state index is -0.295. The first kappa shape index (κ1) is 14.7. The van der Waals surface area contributed by atoms with Crippen molar-refractivity contribution in [3.8, 4) is 0 Å². The highest BCUT2D eigenvalue weighted by atomic mass is 35.5. The van der Waals surface area contributed by atoms with Gasteiger partial charge >= 0.3 is 0 Å². The normalized spacial score (nSPS) is 19.8. The lowest BCUT2D eigenvalue weighted by Gasteiger charge is -2.23. The van der Waals surface area contributed by atoms with Gasteiger partial charge in [0.1, 0.15) is 5.82 Å². The number of rotatable bonds is 3. The molecule has 1 aromatic carbocycles. The zero-order valence-corrected chi connectivity index (χ0v) is 11.0. The van der Waals surface area contributed by atoms with Crippen LogP contribution in [0.1, 0.15) is 18.4 Å². The summed E-state index contributed by atoms with van der Waals surface area (Å²) in [6, 6.07) is 4.69. The maximum absolute atomic E-state index is 13.4. The van der Waals surface area contributed by atoms with E-state index in [9.17, 15) is 4.39 Å². The van der Waals surface area contributed by atoms with Crippen LogP contribution in [0, 0.1) is 5.82 Å². The van der Waals surface area contributed by atoms with Gasteiger partial charge in [0.2, 0.25) is 0 Å². The van der Waals surface area contributed by atoms with Crippen molar-refractivity contribution in [1.29, 1.82) is 0 Å². The fourth-order valence-electron chi connectivity index (χ4n) is 1.83. The molecule has 17 heavy (non-hydrogen) atoms. The highest BCUT2D eigenvalue weighted by Crippen LogP contribution is 2.21. The maximum atomic E-state index is 13.4. The zero-order valence-electron chi connectivity index (χ0n) is 9.42. The Morgan fingerprint density at radius 2 is 2.29 bits per heavy atom. The van der Waals surface area contributed by atoms with Gasteiger partial charge in [-0.1, -0.05) is 17.7 Å². The van der Waals surface area contributed by atoms with Crippen molar-refractivity contribution >= 4 is 24.0 Å². The predicted octanol–water partition coefficient (Wildman–Crippen LogP) is 3.17. The summed E-state index contributed by atoms with van der Waals surface area (Å²) in [6.45, 7) is 2.13. The standard InChI is InChI=1S/C12H15ClFNO.ClH/c13-11-4-1-5-12(14)10(11)8-16-9-3-2-6-15-7-9;/h1,4-5,9,15H,2-3,6-8H2;1H. The second-order valence-corrected chi connectivity index (χ2v) is 4.39. The van der Waals surface area contributed by atoms with Gasteiger partial charge in [0, 0.05) is 17.1 Å². The summed E-state index contributed by atoms with van der Waals surface area (Å²) in [5, 5.41) is 3.68. The largest absolute Gasteiger partial charge is 0.372 e. The molecule has 2 rings (SSSR count). The van der Waals surface area contributed by atoms with E-state index >= 15 is 0 Å². The van der Waals surface area contributed by atoms with Gasteiger partial charge in [-0.15, -0.1) is 12.4 Å². The molecule has 0 aromatic heterocycles. The van der Waals surface area contributed by atoms with Crippen LogP contribution in [0.2, 0.25) is 5.02 Å². The van der Waals surface area contributed by atoms with Crippen molar-refractivity contribution < 1.29 is 9.13 Å². The van der Waals surface area contributed by atoms with E-state index in [1.165, 1.54) is 6.07 Å². The number of piperidine rings is 1. The van der Waals surface area contributed by atoms with E-state index in [-0.39, 0.29) is 30.9 Å². The van der Waals surface area contributed by atoms with Gasteiger partial charge in [0.25, 0.3) is 0 Å². The second kappa shape index (κ2) is 7.17. The number of ether oxygens (including phenoxy) is 1. The molecular weight excluding hydrogens is 264 g/mol. The molecule has 1 fully saturated rings. The van der Waals surface area contributed by atoms with Gasteiger partial charge in [0.15, 0.2) is 0 Å². The third-order valence-electron chi connectivity index (χ3n) is 2.78. The summed E-state index contributed by atoms with van der Waals surface area (Å²) < 4.78 is 19.1. The van der Waals surface area contributed by atoms with E-state index in [0.717, 1.165) is 25.9 Å². The Kier molecular flexibility index (Phi) is 6.20. The number of benzene rings is 1. The van der Waals surface area contributed by atoms with Gasteiger partial charge in [-0.2, -0.15) is 0 Å². The molecular formula is C12H16Cl2FNO. The minimum absolute atomic E-state index is 0. The number of hydrogen-bond acceptors (Lipinski definition) is 2. The quantitative estimate of drug-likeness (QED) is 0.918. The monoisotopic (exact) mass is 279 g/mol. The van der Waals surface area contributed by atoms with Crippen LogP contribution in [0.5, 0.6) is 0 Å². The van der Waals surface area contributed by atoms with Crippen LogP contribution in [0.4, 0.5) is 4.39 Å². The highest BCUT2D eigenvalue weighted by Gasteiger charge is 2.15. The van der Waals surface area contributed by atoms with Crippen molar-refractivity contribution in [3.63, 3.8) is 0 Å². The molecule has 0 spiro atoms. The first-order chi connectivity index (χ1) is 7.77. The number of halogens is 3. The zero-order chi connectivity index (χ0) is 11.4. The molecule has 1 N–H and O–H groups in total. The van der Waals surface area contributed by atoms with E-state index in [4.69, 9.17) is 16.3 Å². The van der Waals surface area contributed by atoms with E-state index in [1.807, 2.05) is 0 Å². The fourth-order valence-corrected chi connectivity index (χ4v) is 2.05. The Hall–Kier alpha value is -0.350. The summed E-state index contributed by atoms with van der Waals surface area (Å²) in [7, 11) is 0. The molecule has 1 aliphatic rings. The van der Waals surface area contributed by atoms with Gasteiger partial charge < -0.3 is 10.1 Å². The van der Waals surface area contributed by atoms with Crippen LogP contribution in [0.3, 0.4) is 0 Å². The minimum Gasteiger partial charge on any atom is -0.372 e. The van der Waals surface area contributed by atoms with Gasteiger partial charge in [0.05, 0.1) is 12.7 Å². The third-order valence-corrected chi connectivity index (χ3v) is 3.13.